The first-order chi connectivity index (χ1) is 12.1. The van der Waals surface area contributed by atoms with Crippen LogP contribution in [0, 0.1) is 5.92 Å². The molecular formula is C19H25N3O2S. The summed E-state index contributed by atoms with van der Waals surface area (Å²) in [6, 6.07) is 4.05. The molecule has 0 radical (unpaired) electrons. The van der Waals surface area contributed by atoms with E-state index in [1.165, 1.54) is 6.42 Å². The van der Waals surface area contributed by atoms with Crippen molar-refractivity contribution in [3.63, 3.8) is 0 Å². The van der Waals surface area contributed by atoms with Crippen LogP contribution in [0.1, 0.15) is 42.6 Å². The number of piperidine rings is 2. The fourth-order valence-corrected chi connectivity index (χ4v) is 4.97. The molecule has 0 atom stereocenters. The minimum Gasteiger partial charge on any atom is -0.342 e. The molecule has 2 aromatic rings. The molecule has 0 bridgehead atoms. The first kappa shape index (κ1) is 16.6. The molecule has 2 aliphatic heterocycles. The highest BCUT2D eigenvalue weighted by molar-refractivity contribution is 7.17. The molecule has 2 aromatic heterocycles. The average Bonchev–Trinajstić information content (AvgIpc) is 3.24. The largest absolute Gasteiger partial charge is 0.342 e. The fourth-order valence-electron chi connectivity index (χ4n) is 4.12. The zero-order valence-electron chi connectivity index (χ0n) is 14.7. The summed E-state index contributed by atoms with van der Waals surface area (Å²) in [6.45, 7) is 3.19. The maximum absolute atomic E-state index is 12.9. The standard InChI is InChI=1S/C19H25N3O2S/c1-20-15-7-12-25-17(15)13-16(20)19(24)22-10-5-14(6-11-22)18(23)21-8-3-2-4-9-21/h7,12-14H,2-6,8-11H2,1H3. The van der Waals surface area contributed by atoms with Gasteiger partial charge in [0.25, 0.3) is 5.91 Å². The van der Waals surface area contributed by atoms with Gasteiger partial charge >= 0.3 is 0 Å². The molecule has 25 heavy (non-hydrogen) atoms. The molecule has 2 aliphatic rings. The molecule has 2 amide bonds. The van der Waals surface area contributed by atoms with Crippen LogP contribution in [0.3, 0.4) is 0 Å². The van der Waals surface area contributed by atoms with E-state index in [1.807, 2.05) is 27.5 Å². The van der Waals surface area contributed by atoms with Crippen LogP contribution < -0.4 is 0 Å². The number of carbonyl (C=O) groups is 2. The van der Waals surface area contributed by atoms with Crippen molar-refractivity contribution in [1.29, 1.82) is 0 Å². The molecule has 0 saturated carbocycles. The zero-order valence-corrected chi connectivity index (χ0v) is 15.6. The lowest BCUT2D eigenvalue weighted by molar-refractivity contribution is -0.137. The molecule has 2 fully saturated rings. The number of fused-ring (bicyclic) bond motifs is 1. The number of amides is 2. The zero-order chi connectivity index (χ0) is 17.4. The Labute approximate surface area is 152 Å². The maximum atomic E-state index is 12.9. The number of thiophene rings is 1. The van der Waals surface area contributed by atoms with Gasteiger partial charge in [0.1, 0.15) is 5.69 Å². The highest BCUT2D eigenvalue weighted by Gasteiger charge is 2.31. The van der Waals surface area contributed by atoms with Crippen molar-refractivity contribution in [2.75, 3.05) is 26.2 Å². The minimum atomic E-state index is 0.0924. The normalized spacial score (nSPS) is 19.6. The van der Waals surface area contributed by atoms with Gasteiger partial charge in [0.05, 0.1) is 10.2 Å². The Hall–Kier alpha value is -1.82. The summed E-state index contributed by atoms with van der Waals surface area (Å²) in [5.74, 6) is 0.500. The van der Waals surface area contributed by atoms with Crippen LogP contribution in [0.15, 0.2) is 17.5 Å². The van der Waals surface area contributed by atoms with Crippen molar-refractivity contribution in [2.24, 2.45) is 13.0 Å². The third-order valence-corrected chi connectivity index (χ3v) is 6.54. The van der Waals surface area contributed by atoms with E-state index in [0.717, 1.165) is 54.7 Å². The molecule has 0 N–H and O–H groups in total. The van der Waals surface area contributed by atoms with E-state index in [4.69, 9.17) is 0 Å². The summed E-state index contributed by atoms with van der Waals surface area (Å²) in [5.41, 5.74) is 1.87. The molecule has 5 nitrogen and oxygen atoms in total. The number of nitrogens with zero attached hydrogens (tertiary/aromatic N) is 3. The molecular weight excluding hydrogens is 334 g/mol. The van der Waals surface area contributed by atoms with Gasteiger partial charge in [-0.2, -0.15) is 0 Å². The van der Waals surface area contributed by atoms with Crippen molar-refractivity contribution < 1.29 is 9.59 Å². The second-order valence-electron chi connectivity index (χ2n) is 7.21. The van der Waals surface area contributed by atoms with E-state index in [2.05, 4.69) is 11.4 Å². The second-order valence-corrected chi connectivity index (χ2v) is 8.16. The van der Waals surface area contributed by atoms with Crippen molar-refractivity contribution in [3.05, 3.63) is 23.2 Å². The molecule has 0 aliphatic carbocycles. The van der Waals surface area contributed by atoms with Crippen LogP contribution in [-0.4, -0.2) is 52.4 Å². The number of rotatable bonds is 2. The Morgan fingerprint density at radius 2 is 1.76 bits per heavy atom. The lowest BCUT2D eigenvalue weighted by atomic mass is 9.94. The summed E-state index contributed by atoms with van der Waals surface area (Å²) >= 11 is 1.66. The van der Waals surface area contributed by atoms with E-state index in [-0.39, 0.29) is 11.8 Å². The van der Waals surface area contributed by atoms with Crippen LogP contribution in [0.5, 0.6) is 0 Å². The third kappa shape index (κ3) is 3.08. The number of likely N-dealkylation sites (tertiary alicyclic amines) is 2. The predicted octanol–water partition coefficient (Wildman–Crippen LogP) is 3.10. The first-order valence-corrected chi connectivity index (χ1v) is 10.1. The molecule has 134 valence electrons. The van der Waals surface area contributed by atoms with Gasteiger partial charge in [-0.1, -0.05) is 0 Å². The van der Waals surface area contributed by atoms with Crippen molar-refractivity contribution in [1.82, 2.24) is 14.4 Å². The van der Waals surface area contributed by atoms with Gasteiger partial charge < -0.3 is 14.4 Å². The number of aryl methyl sites for hydroxylation is 1. The van der Waals surface area contributed by atoms with Crippen LogP contribution in [-0.2, 0) is 11.8 Å². The Morgan fingerprint density at radius 3 is 2.44 bits per heavy atom. The highest BCUT2D eigenvalue weighted by Crippen LogP contribution is 2.27. The lowest BCUT2D eigenvalue weighted by Crippen LogP contribution is -2.46. The van der Waals surface area contributed by atoms with E-state index in [0.29, 0.717) is 19.0 Å². The van der Waals surface area contributed by atoms with Crippen LogP contribution in [0.2, 0.25) is 0 Å². The Balaban J connectivity index is 1.39. The van der Waals surface area contributed by atoms with Gasteiger partial charge in [0.2, 0.25) is 5.91 Å². The SMILES string of the molecule is Cn1c(C(=O)N2CCC(C(=O)N3CCCCC3)CC2)cc2sccc21. The van der Waals surface area contributed by atoms with Gasteiger partial charge in [0, 0.05) is 39.1 Å². The summed E-state index contributed by atoms with van der Waals surface area (Å²) in [7, 11) is 1.95. The first-order valence-electron chi connectivity index (χ1n) is 9.26. The van der Waals surface area contributed by atoms with Crippen molar-refractivity contribution >= 4 is 33.4 Å². The Bertz CT molecular complexity index is 780. The summed E-state index contributed by atoms with van der Waals surface area (Å²) < 4.78 is 3.14. The average molecular weight is 359 g/mol. The Kier molecular flexibility index (Phi) is 4.54. The number of hydrogen-bond donors (Lipinski definition) is 0. The molecule has 4 heterocycles. The van der Waals surface area contributed by atoms with Gasteiger partial charge in [-0.3, -0.25) is 9.59 Å². The number of hydrogen-bond acceptors (Lipinski definition) is 3. The van der Waals surface area contributed by atoms with Crippen molar-refractivity contribution in [2.45, 2.75) is 32.1 Å². The van der Waals surface area contributed by atoms with Gasteiger partial charge in [-0.05, 0) is 49.6 Å². The van der Waals surface area contributed by atoms with E-state index in [1.54, 1.807) is 11.3 Å². The summed E-state index contributed by atoms with van der Waals surface area (Å²) in [4.78, 5) is 29.5. The van der Waals surface area contributed by atoms with Crippen LogP contribution >= 0.6 is 11.3 Å². The van der Waals surface area contributed by atoms with E-state index >= 15 is 0 Å². The number of aromatic nitrogens is 1. The predicted molar refractivity (Wildman–Crippen MR) is 99.9 cm³/mol. The fraction of sp³-hybridized carbons (Fsp3) is 0.579. The van der Waals surface area contributed by atoms with E-state index in [9.17, 15) is 9.59 Å². The van der Waals surface area contributed by atoms with Gasteiger partial charge in [-0.25, -0.2) is 0 Å². The topological polar surface area (TPSA) is 45.6 Å². The molecule has 0 spiro atoms. The van der Waals surface area contributed by atoms with Gasteiger partial charge in [-0.15, -0.1) is 11.3 Å². The smallest absolute Gasteiger partial charge is 0.270 e. The summed E-state index contributed by atoms with van der Waals surface area (Å²) in [5, 5.41) is 2.05. The lowest BCUT2D eigenvalue weighted by Gasteiger charge is -2.35. The monoisotopic (exact) mass is 359 g/mol. The molecule has 0 aromatic carbocycles. The molecule has 6 heteroatoms. The van der Waals surface area contributed by atoms with E-state index < -0.39 is 0 Å². The summed E-state index contributed by atoms with van der Waals surface area (Å²) in [6.07, 6.45) is 5.09. The third-order valence-electron chi connectivity index (χ3n) is 5.68. The second kappa shape index (κ2) is 6.83. The van der Waals surface area contributed by atoms with Crippen LogP contribution in [0.25, 0.3) is 10.2 Å². The highest BCUT2D eigenvalue weighted by atomic mass is 32.1. The maximum Gasteiger partial charge on any atom is 0.270 e. The molecule has 4 rings (SSSR count). The molecule has 0 unspecified atom stereocenters. The number of carbonyl (C=O) groups excluding carboxylic acids is 2. The molecule has 2 saturated heterocycles. The Morgan fingerprint density at radius 1 is 1.04 bits per heavy atom. The van der Waals surface area contributed by atoms with Gasteiger partial charge in [0.15, 0.2) is 0 Å². The minimum absolute atomic E-state index is 0.0924. The van der Waals surface area contributed by atoms with Crippen LogP contribution in [0.4, 0.5) is 0 Å². The quantitative estimate of drug-likeness (QED) is 0.827. The van der Waals surface area contributed by atoms with Crippen molar-refractivity contribution in [3.8, 4) is 0 Å².